The Hall–Kier alpha value is -2.41. The third-order valence-corrected chi connectivity index (χ3v) is 3.36. The van der Waals surface area contributed by atoms with E-state index in [1.54, 1.807) is 24.1 Å². The molecule has 0 radical (unpaired) electrons. The quantitative estimate of drug-likeness (QED) is 0.857. The number of hydrogen-bond acceptors (Lipinski definition) is 4. The highest BCUT2D eigenvalue weighted by atomic mass is 16.5. The molecule has 0 fully saturated rings. The van der Waals surface area contributed by atoms with E-state index in [2.05, 4.69) is 20.7 Å². The minimum Gasteiger partial charge on any atom is -0.385 e. The van der Waals surface area contributed by atoms with Gasteiger partial charge in [0, 0.05) is 25.5 Å². The van der Waals surface area contributed by atoms with Crippen molar-refractivity contribution >= 4 is 11.7 Å². The monoisotopic (exact) mass is 317 g/mol. The predicted octanol–water partition coefficient (Wildman–Crippen LogP) is 2.43. The molecule has 7 nitrogen and oxygen atoms in total. The lowest BCUT2D eigenvalue weighted by Crippen LogP contribution is -2.36. The molecule has 2 amide bonds. The second kappa shape index (κ2) is 7.73. The minimum absolute atomic E-state index is 0.0388. The summed E-state index contributed by atoms with van der Waals surface area (Å²) < 4.78 is 6.76. The van der Waals surface area contributed by atoms with Gasteiger partial charge >= 0.3 is 6.03 Å². The first kappa shape index (κ1) is 17.0. The average molecular weight is 317 g/mol. The SMILES string of the molecule is COCCC(C)NC(=O)Nc1ccc(-n2nc(C)cc2C)nc1. The summed E-state index contributed by atoms with van der Waals surface area (Å²) in [5.74, 6) is 0.718. The normalized spacial score (nSPS) is 12.0. The van der Waals surface area contributed by atoms with E-state index in [4.69, 9.17) is 4.74 Å². The summed E-state index contributed by atoms with van der Waals surface area (Å²) in [6.07, 6.45) is 2.38. The van der Waals surface area contributed by atoms with Gasteiger partial charge in [0.1, 0.15) is 0 Å². The molecule has 2 aromatic heterocycles. The summed E-state index contributed by atoms with van der Waals surface area (Å²) >= 11 is 0. The maximum Gasteiger partial charge on any atom is 0.319 e. The molecule has 2 rings (SSSR count). The number of nitrogens with one attached hydrogen (secondary N) is 2. The number of methoxy groups -OCH3 is 1. The van der Waals surface area contributed by atoms with Crippen LogP contribution >= 0.6 is 0 Å². The molecule has 0 aliphatic heterocycles. The van der Waals surface area contributed by atoms with E-state index < -0.39 is 0 Å². The smallest absolute Gasteiger partial charge is 0.319 e. The lowest BCUT2D eigenvalue weighted by molar-refractivity contribution is 0.185. The molecule has 2 N–H and O–H groups in total. The largest absolute Gasteiger partial charge is 0.385 e. The zero-order valence-electron chi connectivity index (χ0n) is 14.0. The number of rotatable bonds is 6. The highest BCUT2D eigenvalue weighted by Crippen LogP contribution is 2.12. The van der Waals surface area contributed by atoms with Crippen LogP contribution in [0, 0.1) is 13.8 Å². The van der Waals surface area contributed by atoms with Gasteiger partial charge in [-0.2, -0.15) is 5.10 Å². The predicted molar refractivity (Wildman–Crippen MR) is 88.9 cm³/mol. The van der Waals surface area contributed by atoms with Crippen molar-refractivity contribution in [2.75, 3.05) is 19.0 Å². The minimum atomic E-state index is -0.255. The molecule has 2 aromatic rings. The molecular weight excluding hydrogens is 294 g/mol. The molecule has 23 heavy (non-hydrogen) atoms. The van der Waals surface area contributed by atoms with Crippen LogP contribution in [0.2, 0.25) is 0 Å². The number of nitrogens with zero attached hydrogens (tertiary/aromatic N) is 3. The molecule has 7 heteroatoms. The Kier molecular flexibility index (Phi) is 5.70. The molecule has 1 atom stereocenters. The number of aromatic nitrogens is 3. The fraction of sp³-hybridized carbons (Fsp3) is 0.438. The number of pyridine rings is 1. The van der Waals surface area contributed by atoms with E-state index in [1.807, 2.05) is 32.9 Å². The molecule has 0 aliphatic rings. The number of anilines is 1. The van der Waals surface area contributed by atoms with Gasteiger partial charge in [0.15, 0.2) is 5.82 Å². The zero-order valence-corrected chi connectivity index (χ0v) is 14.0. The van der Waals surface area contributed by atoms with Gasteiger partial charge in [0.2, 0.25) is 0 Å². The summed E-state index contributed by atoms with van der Waals surface area (Å²) in [7, 11) is 1.64. The van der Waals surface area contributed by atoms with Crippen LogP contribution in [0.3, 0.4) is 0 Å². The molecular formula is C16H23N5O2. The fourth-order valence-electron chi connectivity index (χ4n) is 2.20. The second-order valence-electron chi connectivity index (χ2n) is 5.52. The molecule has 0 saturated carbocycles. The molecule has 0 saturated heterocycles. The number of urea groups is 1. The summed E-state index contributed by atoms with van der Waals surface area (Å²) in [6, 6.07) is 5.40. The third kappa shape index (κ3) is 4.79. The van der Waals surface area contributed by atoms with Crippen LogP contribution in [0.25, 0.3) is 5.82 Å². The van der Waals surface area contributed by atoms with E-state index in [0.29, 0.717) is 12.3 Å². The van der Waals surface area contributed by atoms with Gasteiger partial charge in [-0.3, -0.25) is 0 Å². The van der Waals surface area contributed by atoms with E-state index >= 15 is 0 Å². The van der Waals surface area contributed by atoms with Crippen LogP contribution in [0.1, 0.15) is 24.7 Å². The number of amides is 2. The maximum atomic E-state index is 11.9. The van der Waals surface area contributed by atoms with Crippen LogP contribution in [0.4, 0.5) is 10.5 Å². The standard InChI is InChI=1S/C16H23N5O2/c1-11(7-8-23-4)18-16(22)19-14-5-6-15(17-10-14)21-13(3)9-12(2)20-21/h5-6,9-11H,7-8H2,1-4H3,(H2,18,19,22). The Bertz CT molecular complexity index is 651. The fourth-order valence-corrected chi connectivity index (χ4v) is 2.20. The van der Waals surface area contributed by atoms with Crippen molar-refractivity contribution in [3.05, 3.63) is 35.8 Å². The van der Waals surface area contributed by atoms with Crippen LogP contribution in [0.5, 0.6) is 0 Å². The highest BCUT2D eigenvalue weighted by Gasteiger charge is 2.08. The Morgan fingerprint density at radius 3 is 2.74 bits per heavy atom. The van der Waals surface area contributed by atoms with Crippen LogP contribution in [0.15, 0.2) is 24.4 Å². The Balaban J connectivity index is 1.95. The average Bonchev–Trinajstić information content (AvgIpc) is 2.84. The molecule has 0 aliphatic carbocycles. The van der Waals surface area contributed by atoms with Crippen LogP contribution in [-0.2, 0) is 4.74 Å². The van der Waals surface area contributed by atoms with Crippen LogP contribution in [-0.4, -0.2) is 40.6 Å². The Morgan fingerprint density at radius 2 is 2.17 bits per heavy atom. The first-order chi connectivity index (χ1) is 11.0. The summed E-state index contributed by atoms with van der Waals surface area (Å²) in [5.41, 5.74) is 2.59. The first-order valence-electron chi connectivity index (χ1n) is 7.55. The van der Waals surface area contributed by atoms with Crippen molar-refractivity contribution in [2.24, 2.45) is 0 Å². The second-order valence-corrected chi connectivity index (χ2v) is 5.52. The van der Waals surface area contributed by atoms with Gasteiger partial charge in [0.25, 0.3) is 0 Å². The van der Waals surface area contributed by atoms with Crippen molar-refractivity contribution in [1.29, 1.82) is 0 Å². The van der Waals surface area contributed by atoms with E-state index in [1.165, 1.54) is 0 Å². The van der Waals surface area contributed by atoms with Crippen molar-refractivity contribution in [1.82, 2.24) is 20.1 Å². The number of hydrogen-bond donors (Lipinski definition) is 2. The van der Waals surface area contributed by atoms with Gasteiger partial charge in [-0.1, -0.05) is 0 Å². The number of aryl methyl sites for hydroxylation is 2. The summed E-state index contributed by atoms with van der Waals surface area (Å²) in [5, 5.41) is 9.99. The molecule has 2 heterocycles. The third-order valence-electron chi connectivity index (χ3n) is 3.36. The van der Waals surface area contributed by atoms with Gasteiger partial charge in [-0.15, -0.1) is 0 Å². The van der Waals surface area contributed by atoms with Gasteiger partial charge in [-0.25, -0.2) is 14.5 Å². The topological polar surface area (TPSA) is 81.1 Å². The maximum absolute atomic E-state index is 11.9. The molecule has 0 bridgehead atoms. The highest BCUT2D eigenvalue weighted by molar-refractivity contribution is 5.89. The molecule has 0 aromatic carbocycles. The van der Waals surface area contributed by atoms with Crippen LogP contribution < -0.4 is 10.6 Å². The van der Waals surface area contributed by atoms with Crippen molar-refractivity contribution < 1.29 is 9.53 Å². The molecule has 0 spiro atoms. The number of carbonyl (C=O) groups excluding carboxylic acids is 1. The lowest BCUT2D eigenvalue weighted by atomic mass is 10.2. The first-order valence-corrected chi connectivity index (χ1v) is 7.55. The Morgan fingerprint density at radius 1 is 1.39 bits per heavy atom. The van der Waals surface area contributed by atoms with Gasteiger partial charge in [0.05, 0.1) is 17.6 Å². The van der Waals surface area contributed by atoms with E-state index in [9.17, 15) is 4.79 Å². The van der Waals surface area contributed by atoms with Gasteiger partial charge < -0.3 is 15.4 Å². The molecule has 124 valence electrons. The number of ether oxygens (including phenoxy) is 1. The Labute approximate surface area is 136 Å². The van der Waals surface area contributed by atoms with E-state index in [-0.39, 0.29) is 12.1 Å². The summed E-state index contributed by atoms with van der Waals surface area (Å²) in [4.78, 5) is 16.2. The van der Waals surface area contributed by atoms with Crippen molar-refractivity contribution in [2.45, 2.75) is 33.2 Å². The lowest BCUT2D eigenvalue weighted by Gasteiger charge is -2.14. The van der Waals surface area contributed by atoms with Gasteiger partial charge in [-0.05, 0) is 45.4 Å². The zero-order chi connectivity index (χ0) is 16.8. The van der Waals surface area contributed by atoms with Crippen molar-refractivity contribution in [3.63, 3.8) is 0 Å². The van der Waals surface area contributed by atoms with Crippen molar-refractivity contribution in [3.8, 4) is 5.82 Å². The number of carbonyl (C=O) groups is 1. The van der Waals surface area contributed by atoms with E-state index in [0.717, 1.165) is 23.6 Å². The summed E-state index contributed by atoms with van der Waals surface area (Å²) in [6.45, 7) is 6.46. The molecule has 1 unspecified atom stereocenters.